The summed E-state index contributed by atoms with van der Waals surface area (Å²) in [6, 6.07) is 7.01. The summed E-state index contributed by atoms with van der Waals surface area (Å²) >= 11 is -0.639. The minimum atomic E-state index is -4.24. The van der Waals surface area contributed by atoms with E-state index < -0.39 is 29.9 Å². The van der Waals surface area contributed by atoms with Crippen molar-refractivity contribution in [2.24, 2.45) is 0 Å². The van der Waals surface area contributed by atoms with E-state index in [4.69, 9.17) is 18.1 Å². The maximum atomic E-state index is 11.8. The van der Waals surface area contributed by atoms with Gasteiger partial charge in [-0.05, 0) is 18.2 Å². The molecule has 0 saturated carbocycles. The summed E-state index contributed by atoms with van der Waals surface area (Å²) in [6.07, 6.45) is -4.24. The van der Waals surface area contributed by atoms with Gasteiger partial charge in [0.1, 0.15) is 0 Å². The Morgan fingerprint density at radius 1 is 1.31 bits per heavy atom. The van der Waals surface area contributed by atoms with Gasteiger partial charge in [-0.1, -0.05) is 12.1 Å². The molecule has 1 radical (unpaired) electrons. The molecule has 0 aromatic heterocycles. The smallest absolute Gasteiger partial charge is 0.309 e. The lowest BCUT2D eigenvalue weighted by atomic mass is 10.2. The van der Waals surface area contributed by atoms with Crippen LogP contribution in [0.15, 0.2) is 24.3 Å². The van der Waals surface area contributed by atoms with E-state index in [0.29, 0.717) is 0 Å². The Kier molecular flexibility index (Phi) is 6.94. The first-order valence-electron chi connectivity index (χ1n) is 3.17. The lowest BCUT2D eigenvalue weighted by Crippen LogP contribution is -2.03. The topological polar surface area (TPSA) is 0 Å². The highest BCUT2D eigenvalue weighted by molar-refractivity contribution is 7.22. The molecule has 0 heterocycles. The Labute approximate surface area is 91.3 Å². The van der Waals surface area contributed by atoms with E-state index in [1.54, 1.807) is 0 Å². The first kappa shape index (κ1) is 13.4. The fourth-order valence-electron chi connectivity index (χ4n) is 0.570. The molecule has 6 heteroatoms. The summed E-state index contributed by atoms with van der Waals surface area (Å²) < 4.78 is 35.3. The fourth-order valence-corrected chi connectivity index (χ4v) is 0.570. The second-order valence-corrected chi connectivity index (χ2v) is 4.52. The SMILES string of the molecule is FC(F)(F)c1c[c]ccc1.[Cl][Mg][Cl]. The minimum Gasteiger partial charge on any atom is -0.309 e. The Balaban J connectivity index is 0.000000424. The molecule has 1 rings (SSSR count). The van der Waals surface area contributed by atoms with E-state index in [9.17, 15) is 13.2 Å². The molecule has 0 unspecified atom stereocenters. The maximum Gasteiger partial charge on any atom is 0.618 e. The Morgan fingerprint density at radius 2 is 1.85 bits per heavy atom. The Morgan fingerprint density at radius 3 is 2.08 bits per heavy atom. The predicted octanol–water partition coefficient (Wildman–Crippen LogP) is 3.50. The van der Waals surface area contributed by atoms with E-state index in [1.165, 1.54) is 12.1 Å². The zero-order chi connectivity index (χ0) is 10.3. The van der Waals surface area contributed by atoms with Crippen LogP contribution in [0.25, 0.3) is 0 Å². The third-order valence-corrected chi connectivity index (χ3v) is 1.03. The van der Waals surface area contributed by atoms with E-state index in [2.05, 4.69) is 6.07 Å². The van der Waals surface area contributed by atoms with Crippen molar-refractivity contribution in [2.45, 2.75) is 6.18 Å². The summed E-state index contributed by atoms with van der Waals surface area (Å²) in [7, 11) is 9.81. The van der Waals surface area contributed by atoms with Crippen LogP contribution in [0.5, 0.6) is 0 Å². The summed E-state index contributed by atoms with van der Waals surface area (Å²) in [5.74, 6) is 0. The van der Waals surface area contributed by atoms with Gasteiger partial charge in [-0.15, -0.1) is 0 Å². The highest BCUT2D eigenvalue weighted by Crippen LogP contribution is 2.28. The molecule has 0 N–H and O–H groups in total. The molecule has 69 valence electrons. The number of hydrogen-bond donors (Lipinski definition) is 0. The van der Waals surface area contributed by atoms with Gasteiger partial charge in [0.15, 0.2) is 0 Å². The third kappa shape index (κ3) is 6.43. The average Bonchev–Trinajstić information content (AvgIpc) is 2.06. The molecule has 0 aliphatic rings. The maximum absolute atomic E-state index is 11.8. The predicted molar refractivity (Wildman–Crippen MR) is 47.7 cm³/mol. The monoisotopic (exact) mass is 239 g/mol. The first-order chi connectivity index (χ1) is 6.02. The highest BCUT2D eigenvalue weighted by Gasteiger charge is 2.29. The normalized spacial score (nSPS) is 9.62. The van der Waals surface area contributed by atoms with Gasteiger partial charge in [0, 0.05) is 0 Å². The van der Waals surface area contributed by atoms with Gasteiger partial charge in [-0.3, -0.25) is 0 Å². The van der Waals surface area contributed by atoms with Gasteiger partial charge in [0.25, 0.3) is 0 Å². The van der Waals surface area contributed by atoms with Gasteiger partial charge in [-0.25, -0.2) is 0 Å². The van der Waals surface area contributed by atoms with E-state index in [0.717, 1.165) is 12.1 Å². The van der Waals surface area contributed by atoms with Crippen molar-refractivity contribution in [2.75, 3.05) is 0 Å². The molecule has 1 aromatic rings. The van der Waals surface area contributed by atoms with Crippen LogP contribution in [-0.4, -0.2) is 18.2 Å². The van der Waals surface area contributed by atoms with E-state index >= 15 is 0 Å². The zero-order valence-electron chi connectivity index (χ0n) is 6.41. The molecule has 0 aliphatic heterocycles. The number of benzene rings is 1. The van der Waals surface area contributed by atoms with Gasteiger partial charge < -0.3 is 18.1 Å². The Hall–Kier alpha value is 0.356. The summed E-state index contributed by atoms with van der Waals surface area (Å²) in [5, 5.41) is 0. The van der Waals surface area contributed by atoms with Gasteiger partial charge >= 0.3 is 24.3 Å². The first-order valence-corrected chi connectivity index (χ1v) is 7.45. The van der Waals surface area contributed by atoms with Crippen molar-refractivity contribution in [3.63, 3.8) is 0 Å². The molecule has 0 nitrogen and oxygen atoms in total. The molecule has 0 bridgehead atoms. The third-order valence-electron chi connectivity index (χ3n) is 1.03. The Bertz CT molecular complexity index is 225. The molecule has 0 saturated heterocycles. The van der Waals surface area contributed by atoms with Crippen LogP contribution in [0.2, 0.25) is 0 Å². The zero-order valence-corrected chi connectivity index (χ0v) is 9.33. The fraction of sp³-hybridized carbons (Fsp3) is 0.143. The second kappa shape index (κ2) is 6.76. The number of hydrogen-bond acceptors (Lipinski definition) is 0. The van der Waals surface area contributed by atoms with Gasteiger partial charge in [-0.2, -0.15) is 13.2 Å². The molecule has 0 aliphatic carbocycles. The number of alkyl halides is 3. The van der Waals surface area contributed by atoms with Crippen LogP contribution in [0, 0.1) is 6.07 Å². The van der Waals surface area contributed by atoms with Gasteiger partial charge in [0.2, 0.25) is 0 Å². The highest BCUT2D eigenvalue weighted by atomic mass is 35.6. The van der Waals surface area contributed by atoms with Crippen LogP contribution in [0.3, 0.4) is 0 Å². The lowest BCUT2D eigenvalue weighted by Gasteiger charge is -2.03. The van der Waals surface area contributed by atoms with Crippen molar-refractivity contribution < 1.29 is 13.2 Å². The van der Waals surface area contributed by atoms with Crippen LogP contribution >= 0.6 is 18.1 Å². The largest absolute Gasteiger partial charge is 0.618 e. The molecular formula is C7H4Cl2F3Mg. The molecule has 1 aromatic carbocycles. The standard InChI is InChI=1S/C7H4F3.2ClH.Mg/c8-7(9,10)6-4-2-1-3-5-6;;;/h1-2,4-5H;2*1H;/q;;;+2/p-2. The van der Waals surface area contributed by atoms with Crippen molar-refractivity contribution in [3.05, 3.63) is 35.9 Å². The summed E-state index contributed by atoms with van der Waals surface area (Å²) in [5.41, 5.74) is -0.657. The van der Waals surface area contributed by atoms with Crippen LogP contribution < -0.4 is 0 Å². The van der Waals surface area contributed by atoms with E-state index in [1.807, 2.05) is 0 Å². The van der Waals surface area contributed by atoms with Crippen molar-refractivity contribution in [3.8, 4) is 0 Å². The average molecular weight is 240 g/mol. The number of rotatable bonds is 0. The molecule has 0 amide bonds. The van der Waals surface area contributed by atoms with Crippen LogP contribution in [0.1, 0.15) is 5.56 Å². The van der Waals surface area contributed by atoms with Crippen LogP contribution in [0.4, 0.5) is 13.2 Å². The molecule has 13 heavy (non-hydrogen) atoms. The number of halogens is 5. The van der Waals surface area contributed by atoms with Crippen molar-refractivity contribution in [1.29, 1.82) is 0 Å². The molecule has 0 atom stereocenters. The summed E-state index contributed by atoms with van der Waals surface area (Å²) in [6.45, 7) is 0. The quantitative estimate of drug-likeness (QED) is 0.609. The van der Waals surface area contributed by atoms with Crippen molar-refractivity contribution in [1.82, 2.24) is 0 Å². The minimum absolute atomic E-state index is 0.639. The van der Waals surface area contributed by atoms with Crippen LogP contribution in [-0.2, 0) is 6.18 Å². The van der Waals surface area contributed by atoms with Crippen molar-refractivity contribution >= 4 is 36.3 Å². The van der Waals surface area contributed by atoms with E-state index in [-0.39, 0.29) is 0 Å². The molecule has 0 spiro atoms. The summed E-state index contributed by atoms with van der Waals surface area (Å²) in [4.78, 5) is 0. The second-order valence-electron chi connectivity index (χ2n) is 1.89. The lowest BCUT2D eigenvalue weighted by molar-refractivity contribution is -0.137. The molecule has 0 fully saturated rings. The molecular weight excluding hydrogens is 236 g/mol. The van der Waals surface area contributed by atoms with Gasteiger partial charge in [0.05, 0.1) is 5.56 Å².